The lowest BCUT2D eigenvalue weighted by molar-refractivity contribution is -0.143. The van der Waals surface area contributed by atoms with Crippen molar-refractivity contribution in [1.82, 2.24) is 0 Å². The highest BCUT2D eigenvalue weighted by molar-refractivity contribution is 6.31. The summed E-state index contributed by atoms with van der Waals surface area (Å²) in [4.78, 5) is 10.9. The van der Waals surface area contributed by atoms with Crippen molar-refractivity contribution in [2.45, 2.75) is 19.4 Å². The molecule has 14 heavy (non-hydrogen) atoms. The molecule has 1 rings (SSSR count). The number of hydrogen-bond donors (Lipinski definition) is 2. The fraction of sp³-hybridized carbons (Fsp3) is 0.300. The number of carboxylic acid groups (broad SMARTS) is 1. The van der Waals surface area contributed by atoms with Crippen molar-refractivity contribution < 1.29 is 9.90 Å². The van der Waals surface area contributed by atoms with Gasteiger partial charge in [-0.2, -0.15) is 0 Å². The topological polar surface area (TPSA) is 63.3 Å². The van der Waals surface area contributed by atoms with E-state index in [0.29, 0.717) is 10.6 Å². The molecule has 1 unspecified atom stereocenters. The Morgan fingerprint density at radius 2 is 2.14 bits per heavy atom. The first-order valence-electron chi connectivity index (χ1n) is 4.14. The number of carbonyl (C=O) groups is 1. The van der Waals surface area contributed by atoms with Crippen LogP contribution in [0.1, 0.15) is 18.1 Å². The summed E-state index contributed by atoms with van der Waals surface area (Å²) in [5, 5.41) is 9.50. The summed E-state index contributed by atoms with van der Waals surface area (Å²) in [5.41, 5.74) is 5.66. The van der Waals surface area contributed by atoms with Gasteiger partial charge >= 0.3 is 5.97 Å². The molecule has 76 valence electrons. The van der Waals surface area contributed by atoms with Crippen LogP contribution in [0.5, 0.6) is 0 Å². The SMILES string of the molecule is Cc1cc(C(C)(N)C(=O)O)ccc1Cl. The summed E-state index contributed by atoms with van der Waals surface area (Å²) in [6.07, 6.45) is 0. The highest BCUT2D eigenvalue weighted by atomic mass is 35.5. The van der Waals surface area contributed by atoms with Crippen molar-refractivity contribution >= 4 is 17.6 Å². The Labute approximate surface area is 87.5 Å². The van der Waals surface area contributed by atoms with Gasteiger partial charge in [-0.05, 0) is 31.0 Å². The lowest BCUT2D eigenvalue weighted by Gasteiger charge is -2.20. The standard InChI is InChI=1S/C10H12ClNO2/c1-6-5-7(3-4-8(6)11)10(2,12)9(13)14/h3-5H,12H2,1-2H3,(H,13,14). The Bertz CT molecular complexity index is 374. The van der Waals surface area contributed by atoms with E-state index in [1.807, 2.05) is 6.92 Å². The van der Waals surface area contributed by atoms with Gasteiger partial charge in [0.05, 0.1) is 0 Å². The highest BCUT2D eigenvalue weighted by Gasteiger charge is 2.30. The molecule has 0 aliphatic heterocycles. The van der Waals surface area contributed by atoms with Crippen LogP contribution in [0.4, 0.5) is 0 Å². The average molecular weight is 214 g/mol. The zero-order chi connectivity index (χ0) is 10.9. The maximum Gasteiger partial charge on any atom is 0.328 e. The molecule has 0 aliphatic rings. The number of aryl methyl sites for hydroxylation is 1. The lowest BCUT2D eigenvalue weighted by atomic mass is 9.92. The number of aliphatic carboxylic acids is 1. The minimum Gasteiger partial charge on any atom is -0.480 e. The van der Waals surface area contributed by atoms with E-state index in [-0.39, 0.29) is 0 Å². The Morgan fingerprint density at radius 3 is 2.57 bits per heavy atom. The van der Waals surface area contributed by atoms with Crippen molar-refractivity contribution in [3.8, 4) is 0 Å². The third-order valence-electron chi connectivity index (χ3n) is 2.20. The van der Waals surface area contributed by atoms with Gasteiger partial charge in [0.1, 0.15) is 5.54 Å². The summed E-state index contributed by atoms with van der Waals surface area (Å²) in [7, 11) is 0. The van der Waals surface area contributed by atoms with Crippen molar-refractivity contribution in [3.63, 3.8) is 0 Å². The molecule has 1 atom stereocenters. The molecule has 0 radical (unpaired) electrons. The molecule has 0 spiro atoms. The Balaban J connectivity index is 3.21. The summed E-state index contributed by atoms with van der Waals surface area (Å²) in [5.74, 6) is -1.06. The zero-order valence-corrected chi connectivity index (χ0v) is 8.80. The van der Waals surface area contributed by atoms with Crippen LogP contribution in [0.2, 0.25) is 5.02 Å². The number of carboxylic acids is 1. The molecule has 1 aromatic carbocycles. The van der Waals surface area contributed by atoms with Crippen LogP contribution in [0.25, 0.3) is 0 Å². The van der Waals surface area contributed by atoms with Crippen LogP contribution in [-0.4, -0.2) is 11.1 Å². The van der Waals surface area contributed by atoms with E-state index < -0.39 is 11.5 Å². The van der Waals surface area contributed by atoms with Gasteiger partial charge in [0.2, 0.25) is 0 Å². The van der Waals surface area contributed by atoms with Crippen molar-refractivity contribution in [2.75, 3.05) is 0 Å². The normalized spacial score (nSPS) is 14.9. The first kappa shape index (κ1) is 11.0. The molecular weight excluding hydrogens is 202 g/mol. The number of rotatable bonds is 2. The third kappa shape index (κ3) is 1.89. The van der Waals surface area contributed by atoms with E-state index in [0.717, 1.165) is 5.56 Å². The van der Waals surface area contributed by atoms with Gasteiger partial charge in [-0.15, -0.1) is 0 Å². The first-order chi connectivity index (χ1) is 6.35. The molecule has 3 N–H and O–H groups in total. The number of halogens is 1. The molecule has 3 nitrogen and oxygen atoms in total. The van der Waals surface area contributed by atoms with Gasteiger partial charge < -0.3 is 10.8 Å². The van der Waals surface area contributed by atoms with E-state index >= 15 is 0 Å². The summed E-state index contributed by atoms with van der Waals surface area (Å²) < 4.78 is 0. The molecule has 0 saturated heterocycles. The fourth-order valence-electron chi connectivity index (χ4n) is 1.09. The molecule has 0 fully saturated rings. The van der Waals surface area contributed by atoms with Crippen LogP contribution in [0.3, 0.4) is 0 Å². The maximum absolute atomic E-state index is 10.9. The second kappa shape index (κ2) is 3.59. The van der Waals surface area contributed by atoms with Crippen molar-refractivity contribution in [1.29, 1.82) is 0 Å². The van der Waals surface area contributed by atoms with Crippen LogP contribution in [0.15, 0.2) is 18.2 Å². The monoisotopic (exact) mass is 213 g/mol. The average Bonchev–Trinajstić information content (AvgIpc) is 2.09. The van der Waals surface area contributed by atoms with Crippen LogP contribution < -0.4 is 5.73 Å². The number of benzene rings is 1. The molecule has 4 heteroatoms. The van der Waals surface area contributed by atoms with E-state index in [2.05, 4.69) is 0 Å². The van der Waals surface area contributed by atoms with Crippen LogP contribution >= 0.6 is 11.6 Å². The van der Waals surface area contributed by atoms with Gasteiger partial charge in [0.25, 0.3) is 0 Å². The van der Waals surface area contributed by atoms with Gasteiger partial charge in [0, 0.05) is 5.02 Å². The van der Waals surface area contributed by atoms with Gasteiger partial charge in [0.15, 0.2) is 0 Å². The summed E-state index contributed by atoms with van der Waals surface area (Å²) in [6.45, 7) is 3.27. The van der Waals surface area contributed by atoms with Gasteiger partial charge in [-0.3, -0.25) is 0 Å². The van der Waals surface area contributed by atoms with E-state index in [4.69, 9.17) is 22.4 Å². The third-order valence-corrected chi connectivity index (χ3v) is 2.63. The lowest BCUT2D eigenvalue weighted by Crippen LogP contribution is -2.41. The molecule has 1 aromatic rings. The van der Waals surface area contributed by atoms with Gasteiger partial charge in [-0.25, -0.2) is 4.79 Å². The van der Waals surface area contributed by atoms with Crippen LogP contribution in [0, 0.1) is 6.92 Å². The minimum atomic E-state index is -1.37. The van der Waals surface area contributed by atoms with E-state index in [1.165, 1.54) is 6.92 Å². The maximum atomic E-state index is 10.9. The molecule has 0 heterocycles. The molecule has 0 aromatic heterocycles. The fourth-order valence-corrected chi connectivity index (χ4v) is 1.21. The van der Waals surface area contributed by atoms with Crippen LogP contribution in [-0.2, 0) is 10.3 Å². The number of nitrogens with two attached hydrogens (primary N) is 1. The molecule has 0 saturated carbocycles. The Morgan fingerprint density at radius 1 is 1.57 bits per heavy atom. The first-order valence-corrected chi connectivity index (χ1v) is 4.52. The second-order valence-electron chi connectivity index (χ2n) is 3.47. The Hall–Kier alpha value is -1.06. The quantitative estimate of drug-likeness (QED) is 0.789. The Kier molecular flexibility index (Phi) is 2.83. The molecule has 0 amide bonds. The number of hydrogen-bond acceptors (Lipinski definition) is 2. The largest absolute Gasteiger partial charge is 0.480 e. The summed E-state index contributed by atoms with van der Waals surface area (Å²) in [6, 6.07) is 4.97. The smallest absolute Gasteiger partial charge is 0.328 e. The zero-order valence-electron chi connectivity index (χ0n) is 8.04. The molecule has 0 aliphatic carbocycles. The second-order valence-corrected chi connectivity index (χ2v) is 3.88. The molecular formula is C10H12ClNO2. The molecule has 0 bridgehead atoms. The van der Waals surface area contributed by atoms with E-state index in [1.54, 1.807) is 18.2 Å². The van der Waals surface area contributed by atoms with Crippen molar-refractivity contribution in [2.24, 2.45) is 5.73 Å². The predicted octanol–water partition coefficient (Wildman–Crippen LogP) is 1.91. The van der Waals surface area contributed by atoms with Gasteiger partial charge in [-0.1, -0.05) is 23.7 Å². The van der Waals surface area contributed by atoms with E-state index in [9.17, 15) is 4.79 Å². The highest BCUT2D eigenvalue weighted by Crippen LogP contribution is 2.23. The predicted molar refractivity (Wildman–Crippen MR) is 55.4 cm³/mol. The minimum absolute atomic E-state index is 0.548. The van der Waals surface area contributed by atoms with Crippen molar-refractivity contribution in [3.05, 3.63) is 34.3 Å². The summed E-state index contributed by atoms with van der Waals surface area (Å²) >= 11 is 5.82.